The maximum atomic E-state index is 12.8. The number of anilines is 1. The van der Waals surface area contributed by atoms with E-state index in [2.05, 4.69) is 10.3 Å². The first-order chi connectivity index (χ1) is 12.1. The van der Waals surface area contributed by atoms with Crippen molar-refractivity contribution in [2.24, 2.45) is 0 Å². The molecule has 1 saturated carbocycles. The Hall–Kier alpha value is -2.13. The van der Waals surface area contributed by atoms with E-state index in [-0.39, 0.29) is 23.6 Å². The molecule has 1 aromatic carbocycles. The van der Waals surface area contributed by atoms with E-state index >= 15 is 0 Å². The molecule has 0 atom stereocenters. The molecule has 0 saturated heterocycles. The Kier molecular flexibility index (Phi) is 4.48. The zero-order chi connectivity index (χ0) is 19.2. The second kappa shape index (κ2) is 6.24. The molecule has 0 radical (unpaired) electrons. The molecule has 1 heterocycles. The molecule has 0 spiro atoms. The van der Waals surface area contributed by atoms with Gasteiger partial charge in [-0.2, -0.15) is 13.2 Å². The molecule has 0 bridgehead atoms. The summed E-state index contributed by atoms with van der Waals surface area (Å²) in [6, 6.07) is 6.75. The summed E-state index contributed by atoms with van der Waals surface area (Å²) in [5.74, 6) is -1.26. The third-order valence-corrected chi connectivity index (χ3v) is 6.85. The van der Waals surface area contributed by atoms with Crippen LogP contribution < -0.4 is 5.32 Å². The zero-order valence-electron chi connectivity index (χ0n) is 13.0. The number of aromatic nitrogens is 1. The van der Waals surface area contributed by atoms with Gasteiger partial charge in [-0.1, -0.05) is 11.6 Å². The van der Waals surface area contributed by atoms with E-state index in [0.717, 1.165) is 12.3 Å². The SMILES string of the molecule is O=C(Nc1cc(C(F)(F)F)ccn1)C1(S(=O)(=O)c2ccc(Cl)cc2)CC1. The highest BCUT2D eigenvalue weighted by atomic mass is 35.5. The minimum atomic E-state index is -4.60. The number of nitrogens with zero attached hydrogens (tertiary/aromatic N) is 1. The lowest BCUT2D eigenvalue weighted by atomic mass is 10.2. The fourth-order valence-corrected chi connectivity index (χ4v) is 4.48. The van der Waals surface area contributed by atoms with Crippen LogP contribution in [-0.2, 0) is 20.8 Å². The average Bonchev–Trinajstić information content (AvgIpc) is 3.37. The Morgan fingerprint density at radius 3 is 2.31 bits per heavy atom. The lowest BCUT2D eigenvalue weighted by Crippen LogP contribution is -2.37. The first-order valence-electron chi connectivity index (χ1n) is 7.41. The van der Waals surface area contributed by atoms with Gasteiger partial charge >= 0.3 is 6.18 Å². The molecule has 10 heteroatoms. The Morgan fingerprint density at radius 1 is 1.15 bits per heavy atom. The number of pyridine rings is 1. The summed E-state index contributed by atoms with van der Waals surface area (Å²) in [5, 5.41) is 2.53. The molecule has 2 aromatic rings. The molecule has 1 N–H and O–H groups in total. The summed E-state index contributed by atoms with van der Waals surface area (Å²) < 4.78 is 62.1. The van der Waals surface area contributed by atoms with Gasteiger partial charge in [0.05, 0.1) is 10.5 Å². The van der Waals surface area contributed by atoms with Gasteiger partial charge in [0.25, 0.3) is 0 Å². The van der Waals surface area contributed by atoms with Crippen LogP contribution in [0, 0.1) is 0 Å². The minimum absolute atomic E-state index is 0.0722. The van der Waals surface area contributed by atoms with Crippen LogP contribution >= 0.6 is 11.6 Å². The number of amides is 1. The van der Waals surface area contributed by atoms with Gasteiger partial charge < -0.3 is 5.32 Å². The fraction of sp³-hybridized carbons (Fsp3) is 0.250. The van der Waals surface area contributed by atoms with Crippen LogP contribution in [0.2, 0.25) is 5.02 Å². The Labute approximate surface area is 152 Å². The summed E-state index contributed by atoms with van der Waals surface area (Å²) in [4.78, 5) is 16.1. The summed E-state index contributed by atoms with van der Waals surface area (Å²) in [6.07, 6.45) is -3.56. The molecular weight excluding hydrogens is 393 g/mol. The molecule has 1 aliphatic rings. The van der Waals surface area contributed by atoms with E-state index in [4.69, 9.17) is 11.6 Å². The number of hydrogen-bond donors (Lipinski definition) is 1. The van der Waals surface area contributed by atoms with E-state index in [0.29, 0.717) is 11.1 Å². The third kappa shape index (κ3) is 3.28. The Balaban J connectivity index is 1.87. The molecular formula is C16H12ClF3N2O3S. The van der Waals surface area contributed by atoms with E-state index in [1.54, 1.807) is 0 Å². The summed E-state index contributed by atoms with van der Waals surface area (Å²) >= 11 is 5.74. The summed E-state index contributed by atoms with van der Waals surface area (Å²) in [6.45, 7) is 0. The molecule has 5 nitrogen and oxygen atoms in total. The number of carbonyl (C=O) groups is 1. The van der Waals surface area contributed by atoms with Gasteiger partial charge in [-0.05, 0) is 49.2 Å². The molecule has 1 aromatic heterocycles. The number of alkyl halides is 3. The van der Waals surface area contributed by atoms with Crippen LogP contribution in [0.4, 0.5) is 19.0 Å². The number of sulfone groups is 1. The number of carbonyl (C=O) groups excluding carboxylic acids is 1. The maximum Gasteiger partial charge on any atom is 0.416 e. The number of rotatable bonds is 4. The van der Waals surface area contributed by atoms with Crippen molar-refractivity contribution in [3.63, 3.8) is 0 Å². The van der Waals surface area contributed by atoms with Gasteiger partial charge in [-0.15, -0.1) is 0 Å². The molecule has 1 aliphatic carbocycles. The molecule has 3 rings (SSSR count). The standard InChI is InChI=1S/C16H12ClF3N2O3S/c17-11-1-3-12(4-2-11)26(24,25)15(6-7-15)14(23)22-13-9-10(5-8-21-13)16(18,19)20/h1-5,8-9H,6-7H2,(H,21,22,23). The van der Waals surface area contributed by atoms with Gasteiger partial charge in [0.2, 0.25) is 5.91 Å². The van der Waals surface area contributed by atoms with Crippen molar-refractivity contribution in [2.75, 3.05) is 5.32 Å². The molecule has 26 heavy (non-hydrogen) atoms. The average molecular weight is 405 g/mol. The highest BCUT2D eigenvalue weighted by Gasteiger charge is 2.61. The lowest BCUT2D eigenvalue weighted by Gasteiger charge is -2.16. The molecule has 0 unspecified atom stereocenters. The monoisotopic (exact) mass is 404 g/mol. The fourth-order valence-electron chi connectivity index (χ4n) is 2.48. The number of hydrogen-bond acceptors (Lipinski definition) is 4. The highest BCUT2D eigenvalue weighted by molar-refractivity contribution is 7.94. The maximum absolute atomic E-state index is 12.8. The largest absolute Gasteiger partial charge is 0.416 e. The van der Waals surface area contributed by atoms with Crippen LogP contribution in [0.15, 0.2) is 47.5 Å². The molecule has 1 amide bonds. The predicted octanol–water partition coefficient (Wildman–Crippen LogP) is 3.70. The van der Waals surface area contributed by atoms with Crippen molar-refractivity contribution in [2.45, 2.75) is 28.7 Å². The van der Waals surface area contributed by atoms with E-state index in [1.807, 2.05) is 0 Å². The number of benzene rings is 1. The van der Waals surface area contributed by atoms with Crippen molar-refractivity contribution in [1.82, 2.24) is 4.98 Å². The quantitative estimate of drug-likeness (QED) is 0.843. The molecule has 1 fully saturated rings. The van der Waals surface area contributed by atoms with Crippen LogP contribution in [0.5, 0.6) is 0 Å². The summed E-state index contributed by atoms with van der Waals surface area (Å²) in [7, 11) is -4.02. The van der Waals surface area contributed by atoms with E-state index in [1.165, 1.54) is 24.3 Å². The summed E-state index contributed by atoms with van der Waals surface area (Å²) in [5.41, 5.74) is -0.992. The van der Waals surface area contributed by atoms with Gasteiger partial charge in [0.1, 0.15) is 5.82 Å². The van der Waals surface area contributed by atoms with Crippen molar-refractivity contribution in [3.05, 3.63) is 53.2 Å². The van der Waals surface area contributed by atoms with Crippen LogP contribution in [-0.4, -0.2) is 24.1 Å². The van der Waals surface area contributed by atoms with Crippen LogP contribution in [0.25, 0.3) is 0 Å². The van der Waals surface area contributed by atoms with Crippen LogP contribution in [0.1, 0.15) is 18.4 Å². The van der Waals surface area contributed by atoms with E-state index < -0.39 is 32.2 Å². The predicted molar refractivity (Wildman–Crippen MR) is 88.5 cm³/mol. The number of halogens is 4. The highest BCUT2D eigenvalue weighted by Crippen LogP contribution is 2.47. The topological polar surface area (TPSA) is 76.1 Å². The van der Waals surface area contributed by atoms with Crippen molar-refractivity contribution < 1.29 is 26.4 Å². The smallest absolute Gasteiger partial charge is 0.309 e. The lowest BCUT2D eigenvalue weighted by molar-refractivity contribution is -0.137. The van der Waals surface area contributed by atoms with E-state index in [9.17, 15) is 26.4 Å². The van der Waals surface area contributed by atoms with Crippen molar-refractivity contribution in [1.29, 1.82) is 0 Å². The van der Waals surface area contributed by atoms with Crippen molar-refractivity contribution >= 4 is 33.2 Å². The van der Waals surface area contributed by atoms with Crippen molar-refractivity contribution in [3.8, 4) is 0 Å². The first kappa shape index (κ1) is 18.7. The minimum Gasteiger partial charge on any atom is -0.309 e. The van der Waals surface area contributed by atoms with Gasteiger partial charge in [0.15, 0.2) is 14.6 Å². The third-order valence-electron chi connectivity index (χ3n) is 4.09. The Bertz CT molecular complexity index is 955. The Morgan fingerprint density at radius 2 is 1.77 bits per heavy atom. The van der Waals surface area contributed by atoms with Crippen LogP contribution in [0.3, 0.4) is 0 Å². The first-order valence-corrected chi connectivity index (χ1v) is 9.27. The second-order valence-electron chi connectivity index (χ2n) is 5.83. The molecule has 0 aliphatic heterocycles. The van der Waals surface area contributed by atoms with Gasteiger partial charge in [-0.3, -0.25) is 4.79 Å². The molecule has 138 valence electrons. The zero-order valence-corrected chi connectivity index (χ0v) is 14.6. The number of nitrogens with one attached hydrogen (secondary N) is 1. The van der Waals surface area contributed by atoms with Gasteiger partial charge in [-0.25, -0.2) is 13.4 Å². The normalized spacial score (nSPS) is 16.2. The van der Waals surface area contributed by atoms with Gasteiger partial charge in [0, 0.05) is 11.2 Å². The second-order valence-corrected chi connectivity index (χ2v) is 8.53.